The smallest absolute Gasteiger partial charge is 0.224 e. The minimum absolute atomic E-state index is 0.0763. The van der Waals surface area contributed by atoms with Crippen LogP contribution in [0.15, 0.2) is 42.6 Å². The van der Waals surface area contributed by atoms with Gasteiger partial charge in [0.2, 0.25) is 5.91 Å². The van der Waals surface area contributed by atoms with E-state index in [0.717, 1.165) is 24.0 Å². The van der Waals surface area contributed by atoms with Crippen molar-refractivity contribution in [3.63, 3.8) is 0 Å². The SMILES string of the molecule is O=C(Cc1ccc(F)cc1)NCCCc1cccnc1CO. The number of aryl methyl sites for hydroxylation is 1. The number of pyridine rings is 1. The summed E-state index contributed by atoms with van der Waals surface area (Å²) in [4.78, 5) is 15.9. The molecule has 2 aromatic rings. The first kappa shape index (κ1) is 16.1. The van der Waals surface area contributed by atoms with Gasteiger partial charge >= 0.3 is 0 Å². The molecule has 5 heteroatoms. The highest BCUT2D eigenvalue weighted by molar-refractivity contribution is 5.78. The second-order valence-corrected chi connectivity index (χ2v) is 5.02. The summed E-state index contributed by atoms with van der Waals surface area (Å²) in [6.07, 6.45) is 3.42. The Balaban J connectivity index is 1.72. The van der Waals surface area contributed by atoms with Crippen molar-refractivity contribution in [3.05, 3.63) is 65.2 Å². The van der Waals surface area contributed by atoms with E-state index in [0.29, 0.717) is 12.2 Å². The summed E-state index contributed by atoms with van der Waals surface area (Å²) in [6.45, 7) is 0.479. The van der Waals surface area contributed by atoms with Crippen LogP contribution in [0.3, 0.4) is 0 Å². The monoisotopic (exact) mass is 302 g/mol. The van der Waals surface area contributed by atoms with Crippen molar-refractivity contribution in [3.8, 4) is 0 Å². The molecule has 0 saturated carbocycles. The molecule has 0 aliphatic heterocycles. The number of nitrogens with zero attached hydrogens (tertiary/aromatic N) is 1. The number of rotatable bonds is 7. The second-order valence-electron chi connectivity index (χ2n) is 5.02. The van der Waals surface area contributed by atoms with Crippen LogP contribution in [0.4, 0.5) is 4.39 Å². The molecule has 0 atom stereocenters. The second kappa shape index (κ2) is 8.24. The summed E-state index contributed by atoms with van der Waals surface area (Å²) in [7, 11) is 0. The largest absolute Gasteiger partial charge is 0.390 e. The van der Waals surface area contributed by atoms with Crippen LogP contribution in [0.25, 0.3) is 0 Å². The lowest BCUT2D eigenvalue weighted by Crippen LogP contribution is -2.26. The molecule has 0 saturated heterocycles. The molecule has 22 heavy (non-hydrogen) atoms. The molecule has 1 heterocycles. The average molecular weight is 302 g/mol. The third kappa shape index (κ3) is 4.93. The van der Waals surface area contributed by atoms with Crippen LogP contribution in [0.5, 0.6) is 0 Å². The van der Waals surface area contributed by atoms with E-state index in [1.54, 1.807) is 18.3 Å². The first-order valence-electron chi connectivity index (χ1n) is 7.24. The van der Waals surface area contributed by atoms with Crippen molar-refractivity contribution in [1.29, 1.82) is 0 Å². The lowest BCUT2D eigenvalue weighted by molar-refractivity contribution is -0.120. The number of aliphatic hydroxyl groups is 1. The molecule has 1 aromatic heterocycles. The van der Waals surface area contributed by atoms with E-state index in [1.807, 2.05) is 12.1 Å². The Morgan fingerprint density at radius 1 is 1.23 bits per heavy atom. The standard InChI is InChI=1S/C17H19FN2O2/c18-15-7-5-13(6-8-15)11-17(22)20-10-2-4-14-3-1-9-19-16(14)12-21/h1,3,5-9,21H,2,4,10-12H2,(H,20,22). The number of carbonyl (C=O) groups is 1. The fourth-order valence-corrected chi connectivity index (χ4v) is 2.20. The van der Waals surface area contributed by atoms with E-state index in [4.69, 9.17) is 0 Å². The zero-order valence-electron chi connectivity index (χ0n) is 12.3. The number of aliphatic hydroxyl groups excluding tert-OH is 1. The predicted molar refractivity (Wildman–Crippen MR) is 81.6 cm³/mol. The Kier molecular flexibility index (Phi) is 6.03. The first-order valence-corrected chi connectivity index (χ1v) is 7.24. The minimum atomic E-state index is -0.305. The highest BCUT2D eigenvalue weighted by Crippen LogP contribution is 2.08. The topological polar surface area (TPSA) is 62.2 Å². The molecule has 2 rings (SSSR count). The summed E-state index contributed by atoms with van der Waals surface area (Å²) < 4.78 is 12.8. The average Bonchev–Trinajstić information content (AvgIpc) is 2.54. The molecule has 0 aliphatic rings. The van der Waals surface area contributed by atoms with Crippen LogP contribution in [-0.4, -0.2) is 22.5 Å². The Hall–Kier alpha value is -2.27. The maximum atomic E-state index is 12.8. The van der Waals surface area contributed by atoms with Crippen molar-refractivity contribution in [2.75, 3.05) is 6.54 Å². The Morgan fingerprint density at radius 3 is 2.73 bits per heavy atom. The van der Waals surface area contributed by atoms with E-state index in [1.165, 1.54) is 12.1 Å². The molecule has 116 valence electrons. The van der Waals surface area contributed by atoms with E-state index in [-0.39, 0.29) is 24.8 Å². The zero-order chi connectivity index (χ0) is 15.8. The van der Waals surface area contributed by atoms with Gasteiger partial charge in [0, 0.05) is 12.7 Å². The Bertz CT molecular complexity index is 614. The number of amides is 1. The molecule has 2 N–H and O–H groups in total. The quantitative estimate of drug-likeness (QED) is 0.769. The summed E-state index contributed by atoms with van der Waals surface area (Å²) >= 11 is 0. The summed E-state index contributed by atoms with van der Waals surface area (Å²) in [5.74, 6) is -0.388. The fraction of sp³-hybridized carbons (Fsp3) is 0.294. The van der Waals surface area contributed by atoms with E-state index in [9.17, 15) is 14.3 Å². The number of benzene rings is 1. The number of halogens is 1. The summed E-state index contributed by atoms with van der Waals surface area (Å²) in [5.41, 5.74) is 2.46. The highest BCUT2D eigenvalue weighted by atomic mass is 19.1. The maximum Gasteiger partial charge on any atom is 0.224 e. The number of nitrogens with one attached hydrogen (secondary N) is 1. The van der Waals surface area contributed by atoms with Crippen LogP contribution in [0.2, 0.25) is 0 Å². The fourth-order valence-electron chi connectivity index (χ4n) is 2.20. The lowest BCUT2D eigenvalue weighted by Gasteiger charge is -2.07. The third-order valence-electron chi connectivity index (χ3n) is 3.36. The van der Waals surface area contributed by atoms with Gasteiger partial charge in [-0.3, -0.25) is 9.78 Å². The van der Waals surface area contributed by atoms with Crippen LogP contribution in [0.1, 0.15) is 23.2 Å². The minimum Gasteiger partial charge on any atom is -0.390 e. The van der Waals surface area contributed by atoms with Gasteiger partial charge in [0.1, 0.15) is 5.82 Å². The Labute approximate surface area is 129 Å². The van der Waals surface area contributed by atoms with Gasteiger partial charge in [0.05, 0.1) is 18.7 Å². The molecule has 1 amide bonds. The van der Waals surface area contributed by atoms with E-state index < -0.39 is 0 Å². The lowest BCUT2D eigenvalue weighted by atomic mass is 10.1. The summed E-state index contributed by atoms with van der Waals surface area (Å²) in [5, 5.41) is 12.0. The molecule has 0 spiro atoms. The molecule has 0 aliphatic carbocycles. The molecule has 0 unspecified atom stereocenters. The molecule has 0 bridgehead atoms. The van der Waals surface area contributed by atoms with Crippen LogP contribution < -0.4 is 5.32 Å². The predicted octanol–water partition coefficient (Wildman–Crippen LogP) is 2.00. The van der Waals surface area contributed by atoms with Gasteiger partial charge in [-0.15, -0.1) is 0 Å². The van der Waals surface area contributed by atoms with Gasteiger partial charge in [-0.05, 0) is 42.2 Å². The summed E-state index contributed by atoms with van der Waals surface area (Å²) in [6, 6.07) is 9.68. The van der Waals surface area contributed by atoms with Gasteiger partial charge in [-0.1, -0.05) is 18.2 Å². The van der Waals surface area contributed by atoms with Crippen LogP contribution in [0, 0.1) is 5.82 Å². The highest BCUT2D eigenvalue weighted by Gasteiger charge is 2.05. The van der Waals surface area contributed by atoms with Crippen molar-refractivity contribution in [2.45, 2.75) is 25.9 Å². The number of carbonyl (C=O) groups excluding carboxylic acids is 1. The molecular weight excluding hydrogens is 283 g/mol. The molecule has 0 fully saturated rings. The first-order chi connectivity index (χ1) is 10.7. The van der Waals surface area contributed by atoms with Crippen molar-refractivity contribution in [2.24, 2.45) is 0 Å². The van der Waals surface area contributed by atoms with Crippen molar-refractivity contribution < 1.29 is 14.3 Å². The third-order valence-corrected chi connectivity index (χ3v) is 3.36. The van der Waals surface area contributed by atoms with Crippen LogP contribution >= 0.6 is 0 Å². The molecule has 4 nitrogen and oxygen atoms in total. The van der Waals surface area contributed by atoms with Gasteiger partial charge in [0.15, 0.2) is 0 Å². The maximum absolute atomic E-state index is 12.8. The van der Waals surface area contributed by atoms with Gasteiger partial charge < -0.3 is 10.4 Å². The van der Waals surface area contributed by atoms with Crippen LogP contribution in [-0.2, 0) is 24.2 Å². The van der Waals surface area contributed by atoms with Gasteiger partial charge in [-0.2, -0.15) is 0 Å². The zero-order valence-corrected chi connectivity index (χ0v) is 12.3. The van der Waals surface area contributed by atoms with Crippen molar-refractivity contribution >= 4 is 5.91 Å². The van der Waals surface area contributed by atoms with Gasteiger partial charge in [0.25, 0.3) is 0 Å². The van der Waals surface area contributed by atoms with E-state index in [2.05, 4.69) is 10.3 Å². The molecular formula is C17H19FN2O2. The molecule has 1 aromatic carbocycles. The normalized spacial score (nSPS) is 10.5. The number of hydrogen-bond acceptors (Lipinski definition) is 3. The van der Waals surface area contributed by atoms with Crippen molar-refractivity contribution in [1.82, 2.24) is 10.3 Å². The van der Waals surface area contributed by atoms with Gasteiger partial charge in [-0.25, -0.2) is 4.39 Å². The Morgan fingerprint density at radius 2 is 2.00 bits per heavy atom. The number of hydrogen-bond donors (Lipinski definition) is 2. The number of aromatic nitrogens is 1. The molecule has 0 radical (unpaired) electrons. The van der Waals surface area contributed by atoms with E-state index >= 15 is 0 Å².